The smallest absolute Gasteiger partial charge is 0.0730 e. The molecule has 2 rings (SSSR count). The number of hydrogen-bond donors (Lipinski definition) is 0. The van der Waals surface area contributed by atoms with Crippen LogP contribution in [0.5, 0.6) is 0 Å². The fraction of sp³-hybridized carbons (Fsp3) is 0. The molecule has 0 aliphatic rings. The molecule has 2 aromatic carbocycles. The third-order valence-corrected chi connectivity index (χ3v) is 2.93. The van der Waals surface area contributed by atoms with Gasteiger partial charge in [-0.3, -0.25) is 0 Å². The second kappa shape index (κ2) is 4.78. The molecule has 0 fully saturated rings. The molecule has 0 saturated heterocycles. The molecule has 0 aromatic heterocycles. The average Bonchev–Trinajstić information content (AvgIpc) is 2.29. The Morgan fingerprint density at radius 1 is 0.941 bits per heavy atom. The van der Waals surface area contributed by atoms with Crippen molar-refractivity contribution in [2.75, 3.05) is 0 Å². The standard InChI is InChI=1S/C13H8Cl2O2/c14-10-4-1-8(2-5-10)9-3-6-11(13(16)17)12(15)7-9/h1-7H,(H,16,17)/p-1. The second-order valence-electron chi connectivity index (χ2n) is 3.49. The van der Waals surface area contributed by atoms with E-state index in [1.807, 2.05) is 12.1 Å². The van der Waals surface area contributed by atoms with E-state index in [2.05, 4.69) is 0 Å². The Hall–Kier alpha value is -1.51. The zero-order valence-electron chi connectivity index (χ0n) is 8.61. The SMILES string of the molecule is O=C([O-])c1ccc(-c2ccc(Cl)cc2)cc1Cl. The Bertz CT molecular complexity index is 562. The summed E-state index contributed by atoms with van der Waals surface area (Å²) in [6, 6.07) is 11.9. The van der Waals surface area contributed by atoms with E-state index >= 15 is 0 Å². The van der Waals surface area contributed by atoms with Crippen molar-refractivity contribution in [3.05, 3.63) is 58.1 Å². The van der Waals surface area contributed by atoms with E-state index in [1.165, 1.54) is 6.07 Å². The highest BCUT2D eigenvalue weighted by Gasteiger charge is 2.04. The van der Waals surface area contributed by atoms with Crippen molar-refractivity contribution in [1.82, 2.24) is 0 Å². The number of carbonyl (C=O) groups is 1. The van der Waals surface area contributed by atoms with Crippen LogP contribution in [0.2, 0.25) is 10.0 Å². The third-order valence-electron chi connectivity index (χ3n) is 2.37. The molecule has 0 unspecified atom stereocenters. The molecular weight excluding hydrogens is 259 g/mol. The van der Waals surface area contributed by atoms with Gasteiger partial charge in [0.1, 0.15) is 0 Å². The van der Waals surface area contributed by atoms with Crippen molar-refractivity contribution in [3.8, 4) is 11.1 Å². The lowest BCUT2D eigenvalue weighted by Gasteiger charge is -2.08. The third kappa shape index (κ3) is 2.60. The minimum Gasteiger partial charge on any atom is -0.545 e. The Morgan fingerprint density at radius 2 is 1.53 bits per heavy atom. The zero-order chi connectivity index (χ0) is 12.4. The molecular formula is C13H7Cl2O2-. The van der Waals surface area contributed by atoms with E-state index in [-0.39, 0.29) is 10.6 Å². The number of hydrogen-bond acceptors (Lipinski definition) is 2. The van der Waals surface area contributed by atoms with Gasteiger partial charge in [-0.1, -0.05) is 47.5 Å². The predicted octanol–water partition coefficient (Wildman–Crippen LogP) is 3.02. The summed E-state index contributed by atoms with van der Waals surface area (Å²) < 4.78 is 0. The minimum absolute atomic E-state index is 0.00983. The quantitative estimate of drug-likeness (QED) is 0.838. The molecule has 2 nitrogen and oxygen atoms in total. The van der Waals surface area contributed by atoms with E-state index in [1.54, 1.807) is 24.3 Å². The Labute approximate surface area is 108 Å². The van der Waals surface area contributed by atoms with Crippen molar-refractivity contribution in [2.24, 2.45) is 0 Å². The maximum Gasteiger partial charge on any atom is 0.0730 e. The first-order chi connectivity index (χ1) is 8.08. The molecule has 86 valence electrons. The lowest BCUT2D eigenvalue weighted by Crippen LogP contribution is -2.22. The monoisotopic (exact) mass is 265 g/mol. The molecule has 0 amide bonds. The summed E-state index contributed by atoms with van der Waals surface area (Å²) in [5, 5.41) is 11.5. The van der Waals surface area contributed by atoms with E-state index in [9.17, 15) is 9.90 Å². The number of benzene rings is 2. The molecule has 0 spiro atoms. The van der Waals surface area contributed by atoms with Gasteiger partial charge in [0.15, 0.2) is 0 Å². The van der Waals surface area contributed by atoms with Crippen LogP contribution >= 0.6 is 23.2 Å². The fourth-order valence-electron chi connectivity index (χ4n) is 1.50. The average molecular weight is 266 g/mol. The van der Waals surface area contributed by atoms with Crippen molar-refractivity contribution >= 4 is 29.2 Å². The van der Waals surface area contributed by atoms with Crippen LogP contribution in [-0.2, 0) is 0 Å². The van der Waals surface area contributed by atoms with Crippen LogP contribution in [0.1, 0.15) is 10.4 Å². The fourth-order valence-corrected chi connectivity index (χ4v) is 1.89. The number of rotatable bonds is 2. The number of aromatic carboxylic acids is 1. The summed E-state index contributed by atoms with van der Waals surface area (Å²) in [5.41, 5.74) is 1.74. The molecule has 4 heteroatoms. The summed E-state index contributed by atoms with van der Waals surface area (Å²) in [6.45, 7) is 0. The molecule has 2 aromatic rings. The van der Waals surface area contributed by atoms with Gasteiger partial charge in [-0.2, -0.15) is 0 Å². The van der Waals surface area contributed by atoms with Crippen LogP contribution in [0, 0.1) is 0 Å². The van der Waals surface area contributed by atoms with E-state index in [0.717, 1.165) is 11.1 Å². The minimum atomic E-state index is -1.28. The van der Waals surface area contributed by atoms with Gasteiger partial charge in [-0.25, -0.2) is 0 Å². The van der Waals surface area contributed by atoms with E-state index in [4.69, 9.17) is 23.2 Å². The first kappa shape index (κ1) is 12.0. The lowest BCUT2D eigenvalue weighted by atomic mass is 10.0. The van der Waals surface area contributed by atoms with Crippen molar-refractivity contribution in [3.63, 3.8) is 0 Å². The van der Waals surface area contributed by atoms with Crippen LogP contribution in [0.3, 0.4) is 0 Å². The van der Waals surface area contributed by atoms with Crippen molar-refractivity contribution in [2.45, 2.75) is 0 Å². The van der Waals surface area contributed by atoms with Gasteiger partial charge in [0.05, 0.1) is 11.0 Å². The van der Waals surface area contributed by atoms with Gasteiger partial charge < -0.3 is 9.90 Å². The highest BCUT2D eigenvalue weighted by Crippen LogP contribution is 2.26. The Morgan fingerprint density at radius 3 is 2.06 bits per heavy atom. The van der Waals surface area contributed by atoms with Crippen LogP contribution < -0.4 is 5.11 Å². The molecule has 0 aliphatic heterocycles. The lowest BCUT2D eigenvalue weighted by molar-refractivity contribution is -0.255. The normalized spacial score (nSPS) is 10.2. The van der Waals surface area contributed by atoms with Crippen LogP contribution in [0.4, 0.5) is 0 Å². The van der Waals surface area contributed by atoms with Crippen molar-refractivity contribution < 1.29 is 9.90 Å². The first-order valence-corrected chi connectivity index (χ1v) is 5.60. The summed E-state index contributed by atoms with van der Waals surface area (Å²) in [5.74, 6) is -1.28. The Kier molecular flexibility index (Phi) is 3.36. The number of halogens is 2. The molecule has 0 N–H and O–H groups in total. The molecule has 0 bridgehead atoms. The highest BCUT2D eigenvalue weighted by atomic mass is 35.5. The summed E-state index contributed by atoms with van der Waals surface area (Å²) in [6.07, 6.45) is 0. The van der Waals surface area contributed by atoms with Gasteiger partial charge in [-0.15, -0.1) is 0 Å². The van der Waals surface area contributed by atoms with E-state index in [0.29, 0.717) is 5.02 Å². The van der Waals surface area contributed by atoms with Gasteiger partial charge >= 0.3 is 0 Å². The molecule has 17 heavy (non-hydrogen) atoms. The molecule has 0 radical (unpaired) electrons. The summed E-state index contributed by atoms with van der Waals surface area (Å²) >= 11 is 11.6. The molecule has 0 atom stereocenters. The molecule has 0 saturated carbocycles. The first-order valence-electron chi connectivity index (χ1n) is 4.85. The topological polar surface area (TPSA) is 40.1 Å². The molecule has 0 aliphatic carbocycles. The number of carboxylic acids is 1. The second-order valence-corrected chi connectivity index (χ2v) is 4.33. The van der Waals surface area contributed by atoms with Crippen molar-refractivity contribution in [1.29, 1.82) is 0 Å². The highest BCUT2D eigenvalue weighted by molar-refractivity contribution is 6.33. The molecule has 0 heterocycles. The van der Waals surface area contributed by atoms with Gasteiger partial charge in [0.2, 0.25) is 0 Å². The van der Waals surface area contributed by atoms with Gasteiger partial charge in [0.25, 0.3) is 0 Å². The van der Waals surface area contributed by atoms with E-state index < -0.39 is 5.97 Å². The van der Waals surface area contributed by atoms with Crippen LogP contribution in [-0.4, -0.2) is 5.97 Å². The summed E-state index contributed by atoms with van der Waals surface area (Å²) in [7, 11) is 0. The number of carbonyl (C=O) groups excluding carboxylic acids is 1. The maximum atomic E-state index is 10.7. The largest absolute Gasteiger partial charge is 0.545 e. The van der Waals surface area contributed by atoms with Gasteiger partial charge in [-0.05, 0) is 29.3 Å². The maximum absolute atomic E-state index is 10.7. The van der Waals surface area contributed by atoms with Gasteiger partial charge in [0, 0.05) is 10.6 Å². The predicted molar refractivity (Wildman–Crippen MR) is 66.2 cm³/mol. The van der Waals surface area contributed by atoms with Crippen LogP contribution in [0.25, 0.3) is 11.1 Å². The summed E-state index contributed by atoms with van der Waals surface area (Å²) in [4.78, 5) is 10.7. The Balaban J connectivity index is 2.44. The van der Waals surface area contributed by atoms with Crippen LogP contribution in [0.15, 0.2) is 42.5 Å². The zero-order valence-corrected chi connectivity index (χ0v) is 10.1. The number of carboxylic acid groups (broad SMARTS) is 1.